The van der Waals surface area contributed by atoms with Gasteiger partial charge >= 0.3 is 0 Å². The molecule has 72 valence electrons. The lowest BCUT2D eigenvalue weighted by Gasteiger charge is -2.06. The van der Waals surface area contributed by atoms with Crippen molar-refractivity contribution in [2.45, 2.75) is 6.43 Å². The molecule has 0 fully saturated rings. The molecule has 0 N–H and O–H groups in total. The number of ether oxygens (including phenoxy) is 1. The van der Waals surface area contributed by atoms with Gasteiger partial charge in [0.05, 0.1) is 10.7 Å². The van der Waals surface area contributed by atoms with E-state index in [1.165, 1.54) is 13.2 Å². The van der Waals surface area contributed by atoms with Gasteiger partial charge in [0.15, 0.2) is 0 Å². The third-order valence-corrected chi connectivity index (χ3v) is 3.09. The zero-order valence-corrected chi connectivity index (χ0v) is 9.44. The van der Waals surface area contributed by atoms with Crippen LogP contribution in [0.2, 0.25) is 5.15 Å². The Morgan fingerprint density at radius 3 is 2.69 bits per heavy atom. The van der Waals surface area contributed by atoms with Gasteiger partial charge in [-0.2, -0.15) is 0 Å². The fraction of sp³-hybridized carbons (Fsp3) is 0.286. The Morgan fingerprint density at radius 2 is 2.23 bits per heavy atom. The highest BCUT2D eigenvalue weighted by molar-refractivity contribution is 14.1. The molecule has 0 bridgehead atoms. The summed E-state index contributed by atoms with van der Waals surface area (Å²) in [6.45, 7) is 0. The number of methoxy groups -OCH3 is 1. The summed E-state index contributed by atoms with van der Waals surface area (Å²) in [4.78, 5) is 3.74. The van der Waals surface area contributed by atoms with Gasteiger partial charge in [0, 0.05) is 11.6 Å². The Morgan fingerprint density at radius 1 is 1.62 bits per heavy atom. The fourth-order valence-electron chi connectivity index (χ4n) is 0.757. The van der Waals surface area contributed by atoms with E-state index in [0.29, 0.717) is 0 Å². The lowest BCUT2D eigenvalue weighted by Crippen LogP contribution is -1.96. The molecule has 0 amide bonds. The van der Waals surface area contributed by atoms with Crippen molar-refractivity contribution in [1.29, 1.82) is 0 Å². The maximum Gasteiger partial charge on any atom is 0.265 e. The maximum absolute atomic E-state index is 12.4. The molecule has 0 aliphatic rings. The van der Waals surface area contributed by atoms with Crippen LogP contribution in [0.4, 0.5) is 8.78 Å². The van der Waals surface area contributed by atoms with Gasteiger partial charge in [0.2, 0.25) is 5.88 Å². The fourth-order valence-corrected chi connectivity index (χ4v) is 1.46. The van der Waals surface area contributed by atoms with Crippen LogP contribution in [0.25, 0.3) is 0 Å². The molecule has 2 nitrogen and oxygen atoms in total. The van der Waals surface area contributed by atoms with Crippen LogP contribution in [0.1, 0.15) is 12.0 Å². The summed E-state index contributed by atoms with van der Waals surface area (Å²) in [5.74, 6) is 0.0979. The van der Waals surface area contributed by atoms with Crippen molar-refractivity contribution >= 4 is 34.2 Å². The van der Waals surface area contributed by atoms with Crippen LogP contribution in [0, 0.1) is 3.57 Å². The van der Waals surface area contributed by atoms with Crippen LogP contribution in [-0.4, -0.2) is 12.1 Å². The summed E-state index contributed by atoms with van der Waals surface area (Å²) < 4.78 is 29.7. The molecule has 0 saturated carbocycles. The Balaban J connectivity index is 3.25. The first-order chi connectivity index (χ1) is 6.06. The summed E-state index contributed by atoms with van der Waals surface area (Å²) >= 11 is 7.33. The average molecular weight is 319 g/mol. The molecule has 0 aliphatic carbocycles. The lowest BCUT2D eigenvalue weighted by atomic mass is 10.3. The monoisotopic (exact) mass is 319 g/mol. The molecule has 1 aromatic heterocycles. The number of nitrogens with zero attached hydrogens (tertiary/aromatic N) is 1. The molecule has 0 radical (unpaired) electrons. The zero-order valence-electron chi connectivity index (χ0n) is 6.52. The molecule has 0 aromatic carbocycles. The molecule has 1 heterocycles. The first-order valence-corrected chi connectivity index (χ1v) is 4.70. The van der Waals surface area contributed by atoms with Gasteiger partial charge in [-0.25, -0.2) is 13.8 Å². The highest BCUT2D eigenvalue weighted by atomic mass is 127. The summed E-state index contributed by atoms with van der Waals surface area (Å²) in [7, 11) is 1.35. The van der Waals surface area contributed by atoms with Crippen molar-refractivity contribution in [2.24, 2.45) is 0 Å². The molecular weight excluding hydrogens is 314 g/mol. The van der Waals surface area contributed by atoms with E-state index in [9.17, 15) is 8.78 Å². The maximum atomic E-state index is 12.4. The quantitative estimate of drug-likeness (QED) is 0.616. The molecule has 0 spiro atoms. The van der Waals surface area contributed by atoms with Crippen LogP contribution < -0.4 is 4.74 Å². The van der Waals surface area contributed by atoms with Crippen LogP contribution in [0.15, 0.2) is 6.07 Å². The number of pyridine rings is 1. The van der Waals surface area contributed by atoms with Gasteiger partial charge in [-0.15, -0.1) is 0 Å². The number of rotatable bonds is 2. The van der Waals surface area contributed by atoms with Crippen molar-refractivity contribution in [2.75, 3.05) is 7.11 Å². The summed E-state index contributed by atoms with van der Waals surface area (Å²) in [5, 5.41) is 0.0373. The minimum absolute atomic E-state index is 0.0373. The standard InChI is InChI=1S/C7H5ClF2INO/c1-13-4-2-3(7(9)10)5(11)6(8)12-4/h2,7H,1H3. The zero-order chi connectivity index (χ0) is 10.0. The van der Waals surface area contributed by atoms with Gasteiger partial charge in [-0.05, 0) is 22.6 Å². The van der Waals surface area contributed by atoms with Crippen LogP contribution in [0.5, 0.6) is 5.88 Å². The smallest absolute Gasteiger partial charge is 0.265 e. The molecule has 0 atom stereocenters. The SMILES string of the molecule is COc1cc(C(F)F)c(I)c(Cl)n1. The Hall–Kier alpha value is -0.170. The van der Waals surface area contributed by atoms with Crippen molar-refractivity contribution in [3.05, 3.63) is 20.4 Å². The number of halogens is 4. The van der Waals surface area contributed by atoms with Crippen molar-refractivity contribution in [1.82, 2.24) is 4.98 Å². The third-order valence-electron chi connectivity index (χ3n) is 1.37. The van der Waals surface area contributed by atoms with Gasteiger partial charge in [0.1, 0.15) is 5.15 Å². The second kappa shape index (κ2) is 4.36. The first kappa shape index (κ1) is 10.9. The van der Waals surface area contributed by atoms with E-state index < -0.39 is 6.43 Å². The lowest BCUT2D eigenvalue weighted by molar-refractivity contribution is 0.150. The van der Waals surface area contributed by atoms with Crippen LogP contribution >= 0.6 is 34.2 Å². The van der Waals surface area contributed by atoms with E-state index in [2.05, 4.69) is 4.98 Å². The topological polar surface area (TPSA) is 22.1 Å². The van der Waals surface area contributed by atoms with Crippen molar-refractivity contribution in [3.8, 4) is 5.88 Å². The number of hydrogen-bond donors (Lipinski definition) is 0. The van der Waals surface area contributed by atoms with Gasteiger partial charge in [-0.3, -0.25) is 0 Å². The van der Waals surface area contributed by atoms with Crippen molar-refractivity contribution in [3.63, 3.8) is 0 Å². The van der Waals surface area contributed by atoms with Crippen LogP contribution in [-0.2, 0) is 0 Å². The predicted molar refractivity (Wildman–Crippen MR) is 53.5 cm³/mol. The van der Waals surface area contributed by atoms with E-state index in [1.807, 2.05) is 0 Å². The summed E-state index contributed by atoms with van der Waals surface area (Å²) in [6, 6.07) is 1.18. The van der Waals surface area contributed by atoms with E-state index in [4.69, 9.17) is 16.3 Å². The third kappa shape index (κ3) is 2.40. The number of alkyl halides is 2. The van der Waals surface area contributed by atoms with E-state index in [-0.39, 0.29) is 20.2 Å². The van der Waals surface area contributed by atoms with E-state index in [1.54, 1.807) is 22.6 Å². The van der Waals surface area contributed by atoms with E-state index >= 15 is 0 Å². The minimum atomic E-state index is -2.57. The van der Waals surface area contributed by atoms with Gasteiger partial charge < -0.3 is 4.74 Å². The Bertz CT molecular complexity index is 322. The molecule has 0 aliphatic heterocycles. The predicted octanol–water partition coefficient (Wildman–Crippen LogP) is 3.29. The second-order valence-electron chi connectivity index (χ2n) is 2.16. The van der Waals surface area contributed by atoms with Gasteiger partial charge in [-0.1, -0.05) is 11.6 Å². The van der Waals surface area contributed by atoms with Gasteiger partial charge in [0.25, 0.3) is 6.43 Å². The molecule has 6 heteroatoms. The molecule has 1 rings (SSSR count). The number of aromatic nitrogens is 1. The Kier molecular flexibility index (Phi) is 3.66. The molecular formula is C7H5ClF2INO. The molecule has 0 unspecified atom stereocenters. The summed E-state index contributed by atoms with van der Waals surface area (Å²) in [5.41, 5.74) is -0.155. The van der Waals surface area contributed by atoms with Crippen molar-refractivity contribution < 1.29 is 13.5 Å². The highest BCUT2D eigenvalue weighted by Gasteiger charge is 2.16. The Labute approximate surface area is 92.4 Å². The first-order valence-electron chi connectivity index (χ1n) is 3.24. The second-order valence-corrected chi connectivity index (χ2v) is 3.60. The highest BCUT2D eigenvalue weighted by Crippen LogP contribution is 2.31. The average Bonchev–Trinajstić information content (AvgIpc) is 2.09. The molecule has 0 saturated heterocycles. The summed E-state index contributed by atoms with van der Waals surface area (Å²) in [6.07, 6.45) is -2.57. The largest absolute Gasteiger partial charge is 0.481 e. The van der Waals surface area contributed by atoms with E-state index in [0.717, 1.165) is 0 Å². The molecule has 1 aromatic rings. The normalized spacial score (nSPS) is 10.6. The van der Waals surface area contributed by atoms with Crippen LogP contribution in [0.3, 0.4) is 0 Å². The minimum Gasteiger partial charge on any atom is -0.481 e. The number of hydrogen-bond acceptors (Lipinski definition) is 2. The molecule has 13 heavy (non-hydrogen) atoms.